The summed E-state index contributed by atoms with van der Waals surface area (Å²) in [5.74, 6) is 0.0808. The number of hydrogen-bond acceptors (Lipinski definition) is 1. The number of aryl methyl sites for hydroxylation is 1. The van der Waals surface area contributed by atoms with Gasteiger partial charge in [0.05, 0.1) is 12.1 Å². The second-order valence-corrected chi connectivity index (χ2v) is 8.18. The Morgan fingerprint density at radius 1 is 1.24 bits per heavy atom. The highest BCUT2D eigenvalue weighted by molar-refractivity contribution is 14.1. The summed E-state index contributed by atoms with van der Waals surface area (Å²) in [6.45, 7) is 13.6. The molecule has 0 atom stereocenters. The lowest BCUT2D eigenvalue weighted by Gasteiger charge is -2.32. The highest BCUT2D eigenvalue weighted by atomic mass is 127. The molecule has 0 fully saturated rings. The molecule has 2 aromatic carbocycles. The van der Waals surface area contributed by atoms with Gasteiger partial charge in [-0.25, -0.2) is 4.85 Å². The Labute approximate surface area is 160 Å². The Morgan fingerprint density at radius 3 is 2.68 bits per heavy atom. The zero-order valence-electron chi connectivity index (χ0n) is 14.3. The van der Waals surface area contributed by atoms with Crippen LogP contribution in [-0.2, 0) is 11.8 Å². The summed E-state index contributed by atoms with van der Waals surface area (Å²) >= 11 is 2.36. The van der Waals surface area contributed by atoms with Gasteiger partial charge in [0.15, 0.2) is 11.5 Å². The van der Waals surface area contributed by atoms with Gasteiger partial charge < -0.3 is 4.98 Å². The minimum absolute atomic E-state index is 0.0808. The summed E-state index contributed by atoms with van der Waals surface area (Å²) in [5, 5.41) is 0.905. The van der Waals surface area contributed by atoms with E-state index in [9.17, 15) is 4.79 Å². The van der Waals surface area contributed by atoms with E-state index in [1.165, 1.54) is 9.13 Å². The van der Waals surface area contributed by atoms with Crippen molar-refractivity contribution in [3.05, 3.63) is 73.3 Å². The van der Waals surface area contributed by atoms with E-state index in [1.807, 2.05) is 12.1 Å². The van der Waals surface area contributed by atoms with Crippen molar-refractivity contribution >= 4 is 45.0 Å². The number of carbonyl (C=O) groups excluding carboxylic acids is 1. The molecule has 1 heterocycles. The van der Waals surface area contributed by atoms with Gasteiger partial charge in [0.25, 0.3) is 0 Å². The number of aromatic nitrogens is 1. The van der Waals surface area contributed by atoms with Crippen LogP contribution in [0.1, 0.15) is 53.5 Å². The Hall–Kier alpha value is -2.13. The summed E-state index contributed by atoms with van der Waals surface area (Å²) in [6.07, 6.45) is 0.911. The van der Waals surface area contributed by atoms with Gasteiger partial charge in [-0.05, 0) is 58.3 Å². The zero-order valence-corrected chi connectivity index (χ0v) is 16.5. The molecule has 0 saturated carbocycles. The predicted octanol–water partition coefficient (Wildman–Crippen LogP) is 5.76. The topological polar surface area (TPSA) is 37.2 Å². The largest absolute Gasteiger partial charge is 0.358 e. The number of fused-ring (bicyclic) bond motifs is 4. The van der Waals surface area contributed by atoms with E-state index in [-0.39, 0.29) is 11.2 Å². The molecule has 124 valence electrons. The summed E-state index contributed by atoms with van der Waals surface area (Å²) in [5.41, 5.74) is 5.95. The van der Waals surface area contributed by atoms with Gasteiger partial charge in [0.2, 0.25) is 0 Å². The first-order valence-electron chi connectivity index (χ1n) is 8.29. The van der Waals surface area contributed by atoms with Crippen LogP contribution in [0.25, 0.3) is 15.7 Å². The Balaban J connectivity index is 2.07. The maximum absolute atomic E-state index is 13.3. The summed E-state index contributed by atoms with van der Waals surface area (Å²) in [4.78, 5) is 20.3. The number of rotatable bonds is 1. The van der Waals surface area contributed by atoms with Crippen LogP contribution in [0, 0.1) is 10.1 Å². The van der Waals surface area contributed by atoms with Gasteiger partial charge in [0, 0.05) is 31.1 Å². The monoisotopic (exact) mass is 440 g/mol. The molecule has 25 heavy (non-hydrogen) atoms. The van der Waals surface area contributed by atoms with Gasteiger partial charge in [-0.15, -0.1) is 0 Å². The summed E-state index contributed by atoms with van der Waals surface area (Å²) in [6, 6.07) is 9.73. The Kier molecular flexibility index (Phi) is 3.55. The van der Waals surface area contributed by atoms with Crippen LogP contribution < -0.4 is 0 Å². The number of nitrogens with zero attached hydrogens (tertiary/aromatic N) is 1. The third-order valence-electron chi connectivity index (χ3n) is 5.25. The number of hydrogen-bond donors (Lipinski definition) is 1. The fraction of sp³-hybridized carbons (Fsp3) is 0.238. The van der Waals surface area contributed by atoms with Crippen LogP contribution in [0.15, 0.2) is 30.3 Å². The van der Waals surface area contributed by atoms with Crippen molar-refractivity contribution in [1.82, 2.24) is 4.98 Å². The average Bonchev–Trinajstić information content (AvgIpc) is 2.99. The standard InChI is InChI=1S/C21H17IN2O/c1-5-11-8-14-15(10-16(11)22)21(2,3)20-18(19(14)25)13-7-6-12(23-4)9-17(13)24-20/h6-10,24H,5H2,1-3H3. The third kappa shape index (κ3) is 2.18. The fourth-order valence-electron chi connectivity index (χ4n) is 3.82. The molecule has 0 amide bonds. The maximum Gasteiger partial charge on any atom is 0.195 e. The van der Waals surface area contributed by atoms with Gasteiger partial charge >= 0.3 is 0 Å². The van der Waals surface area contributed by atoms with Gasteiger partial charge in [-0.2, -0.15) is 0 Å². The lowest BCUT2D eigenvalue weighted by atomic mass is 9.71. The first-order chi connectivity index (χ1) is 11.9. The minimum atomic E-state index is -0.290. The summed E-state index contributed by atoms with van der Waals surface area (Å²) < 4.78 is 1.20. The second kappa shape index (κ2) is 5.43. The first kappa shape index (κ1) is 16.3. The van der Waals surface area contributed by atoms with Crippen molar-refractivity contribution in [2.45, 2.75) is 32.6 Å². The van der Waals surface area contributed by atoms with Gasteiger partial charge in [-0.3, -0.25) is 4.79 Å². The molecular formula is C21H17IN2O. The SMILES string of the molecule is [C-]#[N+]c1ccc2c3c([nH]c2c1)C(C)(C)c1cc(I)c(CC)cc1C3=O. The summed E-state index contributed by atoms with van der Waals surface area (Å²) in [7, 11) is 0. The lowest BCUT2D eigenvalue weighted by Crippen LogP contribution is -2.30. The van der Waals surface area contributed by atoms with E-state index >= 15 is 0 Å². The van der Waals surface area contributed by atoms with Gasteiger partial charge in [0.1, 0.15) is 0 Å². The molecule has 0 bridgehead atoms. The molecule has 0 aliphatic heterocycles. The highest BCUT2D eigenvalue weighted by Crippen LogP contribution is 2.45. The molecule has 4 heteroatoms. The van der Waals surface area contributed by atoms with E-state index < -0.39 is 0 Å². The lowest BCUT2D eigenvalue weighted by molar-refractivity contribution is 0.103. The molecule has 4 rings (SSSR count). The van der Waals surface area contributed by atoms with Crippen LogP contribution >= 0.6 is 22.6 Å². The number of benzene rings is 2. The average molecular weight is 440 g/mol. The Bertz CT molecular complexity index is 1100. The van der Waals surface area contributed by atoms with Crippen molar-refractivity contribution < 1.29 is 4.79 Å². The number of ketones is 1. The molecule has 0 unspecified atom stereocenters. The molecule has 1 aromatic heterocycles. The molecule has 3 aromatic rings. The van der Waals surface area contributed by atoms with E-state index in [0.717, 1.165) is 39.7 Å². The molecule has 1 N–H and O–H groups in total. The van der Waals surface area contributed by atoms with Crippen molar-refractivity contribution in [3.63, 3.8) is 0 Å². The smallest absolute Gasteiger partial charge is 0.195 e. The van der Waals surface area contributed by atoms with Crippen LogP contribution in [-0.4, -0.2) is 10.8 Å². The van der Waals surface area contributed by atoms with E-state index in [2.05, 4.69) is 65.3 Å². The molecule has 1 aliphatic rings. The van der Waals surface area contributed by atoms with E-state index in [1.54, 1.807) is 6.07 Å². The van der Waals surface area contributed by atoms with Crippen molar-refractivity contribution in [1.29, 1.82) is 0 Å². The normalized spacial score (nSPS) is 14.9. The first-order valence-corrected chi connectivity index (χ1v) is 9.37. The molecule has 1 aliphatic carbocycles. The van der Waals surface area contributed by atoms with E-state index in [0.29, 0.717) is 5.69 Å². The van der Waals surface area contributed by atoms with Crippen molar-refractivity contribution in [3.8, 4) is 0 Å². The molecular weight excluding hydrogens is 423 g/mol. The number of H-pyrrole nitrogens is 1. The fourth-order valence-corrected chi connectivity index (χ4v) is 4.67. The quantitative estimate of drug-likeness (QED) is 0.380. The van der Waals surface area contributed by atoms with Crippen molar-refractivity contribution in [2.24, 2.45) is 0 Å². The van der Waals surface area contributed by atoms with E-state index in [4.69, 9.17) is 6.57 Å². The van der Waals surface area contributed by atoms with Crippen LogP contribution in [0.5, 0.6) is 0 Å². The minimum Gasteiger partial charge on any atom is -0.358 e. The van der Waals surface area contributed by atoms with Crippen molar-refractivity contribution in [2.75, 3.05) is 0 Å². The molecule has 3 nitrogen and oxygen atoms in total. The molecule has 0 spiro atoms. The number of halogens is 1. The maximum atomic E-state index is 13.3. The number of aromatic amines is 1. The zero-order chi connectivity index (χ0) is 17.9. The number of carbonyl (C=O) groups is 1. The van der Waals surface area contributed by atoms with Crippen LogP contribution in [0.2, 0.25) is 0 Å². The van der Waals surface area contributed by atoms with Crippen LogP contribution in [0.4, 0.5) is 5.69 Å². The highest BCUT2D eigenvalue weighted by Gasteiger charge is 2.40. The third-order valence-corrected chi connectivity index (χ3v) is 6.25. The Morgan fingerprint density at radius 2 is 2.00 bits per heavy atom. The second-order valence-electron chi connectivity index (χ2n) is 7.01. The predicted molar refractivity (Wildman–Crippen MR) is 109 cm³/mol. The number of nitrogens with one attached hydrogen (secondary N) is 1. The molecule has 0 radical (unpaired) electrons. The molecule has 0 saturated heterocycles. The van der Waals surface area contributed by atoms with Crippen LogP contribution in [0.3, 0.4) is 0 Å². The van der Waals surface area contributed by atoms with Gasteiger partial charge in [-0.1, -0.05) is 32.9 Å².